The lowest BCUT2D eigenvalue weighted by Crippen LogP contribution is -2.46. The second-order valence-corrected chi connectivity index (χ2v) is 5.95. The number of nitrogen functional groups attached to an aromatic ring is 1. The fraction of sp³-hybridized carbons (Fsp3) is 0.625. The number of para-hydroxylation sites is 1. The van der Waals surface area contributed by atoms with Crippen molar-refractivity contribution in [2.24, 2.45) is 0 Å². The molecule has 0 amide bonds. The summed E-state index contributed by atoms with van der Waals surface area (Å²) in [5.74, 6) is 0. The van der Waals surface area contributed by atoms with E-state index in [2.05, 4.69) is 43.0 Å². The molecular formula is C16H27N3. The molecule has 2 N–H and O–H groups in total. The molecule has 1 aromatic carbocycles. The fourth-order valence-electron chi connectivity index (χ4n) is 2.94. The normalized spacial score (nSPS) is 19.8. The third-order valence-corrected chi connectivity index (χ3v) is 4.53. The van der Waals surface area contributed by atoms with E-state index >= 15 is 0 Å². The van der Waals surface area contributed by atoms with Crippen LogP contribution in [0, 0.1) is 0 Å². The van der Waals surface area contributed by atoms with Crippen LogP contribution in [-0.4, -0.2) is 49.1 Å². The summed E-state index contributed by atoms with van der Waals surface area (Å²) in [5, 5.41) is 0. The van der Waals surface area contributed by atoms with Gasteiger partial charge in [-0.15, -0.1) is 0 Å². The van der Waals surface area contributed by atoms with Crippen molar-refractivity contribution in [3.63, 3.8) is 0 Å². The van der Waals surface area contributed by atoms with Crippen molar-refractivity contribution in [3.8, 4) is 0 Å². The molecular weight excluding hydrogens is 234 g/mol. The third-order valence-electron chi connectivity index (χ3n) is 4.53. The number of nitrogens with two attached hydrogens (primary N) is 1. The van der Waals surface area contributed by atoms with E-state index in [-0.39, 0.29) is 0 Å². The van der Waals surface area contributed by atoms with Gasteiger partial charge in [-0.05, 0) is 65.0 Å². The minimum absolute atomic E-state index is 0.540. The van der Waals surface area contributed by atoms with Crippen molar-refractivity contribution < 1.29 is 0 Å². The Hall–Kier alpha value is -1.06. The number of piperidine rings is 1. The zero-order valence-electron chi connectivity index (χ0n) is 12.5. The molecule has 1 atom stereocenters. The molecule has 0 aromatic heterocycles. The van der Waals surface area contributed by atoms with Crippen molar-refractivity contribution in [2.75, 3.05) is 32.9 Å². The van der Waals surface area contributed by atoms with Crippen LogP contribution in [0.15, 0.2) is 24.3 Å². The Balaban J connectivity index is 1.92. The third kappa shape index (κ3) is 3.71. The molecule has 1 saturated heterocycles. The van der Waals surface area contributed by atoms with Crippen molar-refractivity contribution in [2.45, 2.75) is 38.3 Å². The van der Waals surface area contributed by atoms with Crippen LogP contribution in [0.4, 0.5) is 5.69 Å². The van der Waals surface area contributed by atoms with Gasteiger partial charge in [0.05, 0.1) is 0 Å². The van der Waals surface area contributed by atoms with Gasteiger partial charge in [0.1, 0.15) is 0 Å². The number of benzene rings is 1. The second kappa shape index (κ2) is 6.40. The van der Waals surface area contributed by atoms with Gasteiger partial charge in [0.15, 0.2) is 0 Å². The average Bonchev–Trinajstić information content (AvgIpc) is 2.41. The molecule has 106 valence electrons. The number of likely N-dealkylation sites (N-methyl/N-ethyl adjacent to an activating group) is 1. The molecule has 1 heterocycles. The Bertz CT molecular complexity index is 397. The Morgan fingerprint density at radius 3 is 2.58 bits per heavy atom. The van der Waals surface area contributed by atoms with E-state index in [1.54, 1.807) is 0 Å². The summed E-state index contributed by atoms with van der Waals surface area (Å²) in [5.41, 5.74) is 8.24. The summed E-state index contributed by atoms with van der Waals surface area (Å²) in [6.45, 7) is 4.75. The number of anilines is 1. The van der Waals surface area contributed by atoms with E-state index in [4.69, 9.17) is 5.73 Å². The maximum atomic E-state index is 6.04. The van der Waals surface area contributed by atoms with Gasteiger partial charge in [-0.25, -0.2) is 0 Å². The first-order valence-electron chi connectivity index (χ1n) is 7.31. The quantitative estimate of drug-likeness (QED) is 0.844. The summed E-state index contributed by atoms with van der Waals surface area (Å²) in [6.07, 6.45) is 3.60. The summed E-state index contributed by atoms with van der Waals surface area (Å²) in [4.78, 5) is 4.96. The monoisotopic (exact) mass is 261 g/mol. The summed E-state index contributed by atoms with van der Waals surface area (Å²) in [7, 11) is 4.48. The number of hydrogen-bond acceptors (Lipinski definition) is 3. The van der Waals surface area contributed by atoms with Crippen LogP contribution in [0.25, 0.3) is 0 Å². The number of likely N-dealkylation sites (tertiary alicyclic amines) is 1. The van der Waals surface area contributed by atoms with Gasteiger partial charge in [0.2, 0.25) is 0 Å². The maximum Gasteiger partial charge on any atom is 0.0347 e. The number of hydrogen-bond donors (Lipinski definition) is 1. The Kier molecular flexibility index (Phi) is 4.83. The molecule has 2 rings (SSSR count). The van der Waals surface area contributed by atoms with Crippen molar-refractivity contribution >= 4 is 5.69 Å². The molecule has 1 aliphatic heterocycles. The molecule has 19 heavy (non-hydrogen) atoms. The molecule has 0 radical (unpaired) electrons. The van der Waals surface area contributed by atoms with Crippen LogP contribution in [0.1, 0.15) is 25.3 Å². The van der Waals surface area contributed by atoms with E-state index in [0.717, 1.165) is 18.2 Å². The van der Waals surface area contributed by atoms with Gasteiger partial charge in [0, 0.05) is 17.8 Å². The molecule has 1 fully saturated rings. The smallest absolute Gasteiger partial charge is 0.0347 e. The van der Waals surface area contributed by atoms with Crippen molar-refractivity contribution in [3.05, 3.63) is 29.8 Å². The van der Waals surface area contributed by atoms with E-state index in [1.807, 2.05) is 12.1 Å². The van der Waals surface area contributed by atoms with Gasteiger partial charge >= 0.3 is 0 Å². The molecule has 1 unspecified atom stereocenters. The SMILES string of the molecule is CC(Cc1ccccc1N)N(C)C1CCN(C)CC1. The molecule has 1 aromatic rings. The highest BCUT2D eigenvalue weighted by molar-refractivity contribution is 5.46. The first-order valence-corrected chi connectivity index (χ1v) is 7.31. The van der Waals surface area contributed by atoms with Crippen LogP contribution >= 0.6 is 0 Å². The van der Waals surface area contributed by atoms with Gasteiger partial charge < -0.3 is 15.5 Å². The van der Waals surface area contributed by atoms with Crippen molar-refractivity contribution in [1.29, 1.82) is 0 Å². The topological polar surface area (TPSA) is 32.5 Å². The minimum atomic E-state index is 0.540. The fourth-order valence-corrected chi connectivity index (χ4v) is 2.94. The predicted octanol–water partition coefficient (Wildman–Crippen LogP) is 2.23. The standard InChI is InChI=1S/C16H27N3/c1-13(12-14-6-4-5-7-16(14)17)19(3)15-8-10-18(2)11-9-15/h4-7,13,15H,8-12,17H2,1-3H3. The van der Waals surface area contributed by atoms with E-state index in [9.17, 15) is 0 Å². The second-order valence-electron chi connectivity index (χ2n) is 5.95. The minimum Gasteiger partial charge on any atom is -0.399 e. The zero-order valence-corrected chi connectivity index (χ0v) is 12.5. The zero-order chi connectivity index (χ0) is 13.8. The number of rotatable bonds is 4. The van der Waals surface area contributed by atoms with Gasteiger partial charge in [-0.3, -0.25) is 0 Å². The van der Waals surface area contributed by atoms with Crippen LogP contribution < -0.4 is 5.73 Å². The maximum absolute atomic E-state index is 6.04. The molecule has 0 aliphatic carbocycles. The van der Waals surface area contributed by atoms with Crippen LogP contribution in [0.3, 0.4) is 0 Å². The van der Waals surface area contributed by atoms with Crippen LogP contribution in [0.5, 0.6) is 0 Å². The molecule has 0 saturated carbocycles. The molecule has 3 nitrogen and oxygen atoms in total. The molecule has 3 heteroatoms. The van der Waals surface area contributed by atoms with Gasteiger partial charge in [-0.2, -0.15) is 0 Å². The highest BCUT2D eigenvalue weighted by Gasteiger charge is 2.23. The van der Waals surface area contributed by atoms with E-state index in [1.165, 1.54) is 31.5 Å². The predicted molar refractivity (Wildman–Crippen MR) is 82.3 cm³/mol. The van der Waals surface area contributed by atoms with Gasteiger partial charge in [0.25, 0.3) is 0 Å². The summed E-state index contributed by atoms with van der Waals surface area (Å²) >= 11 is 0. The lowest BCUT2D eigenvalue weighted by atomic mass is 9.99. The highest BCUT2D eigenvalue weighted by Crippen LogP contribution is 2.20. The summed E-state index contributed by atoms with van der Waals surface area (Å²) < 4.78 is 0. The largest absolute Gasteiger partial charge is 0.399 e. The van der Waals surface area contributed by atoms with E-state index < -0.39 is 0 Å². The van der Waals surface area contributed by atoms with Gasteiger partial charge in [-0.1, -0.05) is 18.2 Å². The molecule has 0 spiro atoms. The Labute approximate surface area is 117 Å². The summed E-state index contributed by atoms with van der Waals surface area (Å²) in [6, 6.07) is 9.48. The lowest BCUT2D eigenvalue weighted by molar-refractivity contribution is 0.113. The average molecular weight is 261 g/mol. The first-order chi connectivity index (χ1) is 9.08. The lowest BCUT2D eigenvalue weighted by Gasteiger charge is -2.38. The Morgan fingerprint density at radius 1 is 1.32 bits per heavy atom. The first kappa shape index (κ1) is 14.4. The molecule has 1 aliphatic rings. The van der Waals surface area contributed by atoms with Crippen LogP contribution in [0.2, 0.25) is 0 Å². The van der Waals surface area contributed by atoms with Crippen LogP contribution in [-0.2, 0) is 6.42 Å². The molecule has 0 bridgehead atoms. The van der Waals surface area contributed by atoms with Crippen molar-refractivity contribution in [1.82, 2.24) is 9.80 Å². The number of nitrogens with zero attached hydrogens (tertiary/aromatic N) is 2. The Morgan fingerprint density at radius 2 is 1.95 bits per heavy atom. The van der Waals surface area contributed by atoms with E-state index in [0.29, 0.717) is 6.04 Å². The highest BCUT2D eigenvalue weighted by atomic mass is 15.2.